The molecule has 3 atom stereocenters. The van der Waals surface area contributed by atoms with Crippen LogP contribution in [0.2, 0.25) is 0 Å². The standard InChI is InChI=1S/C27H34FN3O4/c1-17(2)26-29-18(3)14-24(30-26)35-16-21-15-31(12-13-34-21)27(33)23-7-5-4-6-22(23)25(32)19-8-10-20(28)11-9-19/h8-11,14,17,21-23H,4-7,12-13,15-16H2,1-3H3. The summed E-state index contributed by atoms with van der Waals surface area (Å²) in [5.41, 5.74) is 1.31. The van der Waals surface area contributed by atoms with Gasteiger partial charge in [0, 0.05) is 41.6 Å². The number of hydrogen-bond acceptors (Lipinski definition) is 6. The van der Waals surface area contributed by atoms with E-state index in [0.717, 1.165) is 24.4 Å². The first-order chi connectivity index (χ1) is 16.8. The molecule has 1 aromatic heterocycles. The number of morpholine rings is 1. The summed E-state index contributed by atoms with van der Waals surface area (Å²) in [6.45, 7) is 7.58. The zero-order valence-electron chi connectivity index (χ0n) is 20.7. The van der Waals surface area contributed by atoms with Gasteiger partial charge in [-0.25, -0.2) is 9.37 Å². The first kappa shape index (κ1) is 25.2. The largest absolute Gasteiger partial charge is 0.475 e. The van der Waals surface area contributed by atoms with E-state index in [4.69, 9.17) is 9.47 Å². The highest BCUT2D eigenvalue weighted by molar-refractivity contribution is 6.00. The van der Waals surface area contributed by atoms with E-state index in [0.29, 0.717) is 44.0 Å². The lowest BCUT2D eigenvalue weighted by Crippen LogP contribution is -2.51. The molecule has 0 bridgehead atoms. The fraction of sp³-hybridized carbons (Fsp3) is 0.556. The van der Waals surface area contributed by atoms with Crippen molar-refractivity contribution >= 4 is 11.7 Å². The normalized spacial score (nSPS) is 22.8. The van der Waals surface area contributed by atoms with Gasteiger partial charge >= 0.3 is 0 Å². The number of carbonyl (C=O) groups is 2. The molecule has 8 heteroatoms. The van der Waals surface area contributed by atoms with E-state index in [1.54, 1.807) is 6.07 Å². The first-order valence-corrected chi connectivity index (χ1v) is 12.5. The molecule has 1 aliphatic carbocycles. The Bertz CT molecular complexity index is 1040. The van der Waals surface area contributed by atoms with E-state index in [1.165, 1.54) is 24.3 Å². The summed E-state index contributed by atoms with van der Waals surface area (Å²) >= 11 is 0. The van der Waals surface area contributed by atoms with Gasteiger partial charge in [0.05, 0.1) is 13.2 Å². The van der Waals surface area contributed by atoms with E-state index in [2.05, 4.69) is 9.97 Å². The lowest BCUT2D eigenvalue weighted by Gasteiger charge is -2.38. The number of amides is 1. The molecule has 2 heterocycles. The third-order valence-corrected chi connectivity index (χ3v) is 6.78. The zero-order valence-corrected chi connectivity index (χ0v) is 20.7. The molecule has 1 aliphatic heterocycles. The predicted octanol–water partition coefficient (Wildman–Crippen LogP) is 4.34. The van der Waals surface area contributed by atoms with Gasteiger partial charge in [0.25, 0.3) is 0 Å². The van der Waals surface area contributed by atoms with E-state index >= 15 is 0 Å². The molecule has 1 saturated carbocycles. The summed E-state index contributed by atoms with van der Waals surface area (Å²) in [6.07, 6.45) is 2.92. The second-order valence-corrected chi connectivity index (χ2v) is 9.82. The maximum atomic E-state index is 13.5. The number of hydrogen-bond donors (Lipinski definition) is 0. The van der Waals surface area contributed by atoms with Crippen LogP contribution in [0.25, 0.3) is 0 Å². The van der Waals surface area contributed by atoms with Crippen molar-refractivity contribution in [2.24, 2.45) is 11.8 Å². The molecule has 1 saturated heterocycles. The number of halogens is 1. The Morgan fingerprint density at radius 3 is 2.57 bits per heavy atom. The summed E-state index contributed by atoms with van der Waals surface area (Å²) in [4.78, 5) is 37.4. The summed E-state index contributed by atoms with van der Waals surface area (Å²) in [6, 6.07) is 7.40. The quantitative estimate of drug-likeness (QED) is 0.545. The van der Waals surface area contributed by atoms with Crippen LogP contribution in [0.5, 0.6) is 5.88 Å². The molecule has 1 aromatic carbocycles. The van der Waals surface area contributed by atoms with Gasteiger partial charge in [0.1, 0.15) is 24.4 Å². The highest BCUT2D eigenvalue weighted by Crippen LogP contribution is 2.34. The average Bonchev–Trinajstić information content (AvgIpc) is 2.87. The molecular weight excluding hydrogens is 449 g/mol. The summed E-state index contributed by atoms with van der Waals surface area (Å²) in [5.74, 6) is 0.238. The first-order valence-electron chi connectivity index (χ1n) is 12.5. The smallest absolute Gasteiger partial charge is 0.226 e. The molecule has 4 rings (SSSR count). The summed E-state index contributed by atoms with van der Waals surface area (Å²) in [7, 11) is 0. The molecule has 3 unspecified atom stereocenters. The van der Waals surface area contributed by atoms with Gasteiger partial charge in [-0.05, 0) is 44.0 Å². The summed E-state index contributed by atoms with van der Waals surface area (Å²) in [5, 5.41) is 0. The van der Waals surface area contributed by atoms with Crippen LogP contribution in [0.1, 0.15) is 67.3 Å². The van der Waals surface area contributed by atoms with Crippen LogP contribution in [0.3, 0.4) is 0 Å². The number of nitrogens with zero attached hydrogens (tertiary/aromatic N) is 3. The van der Waals surface area contributed by atoms with Gasteiger partial charge < -0.3 is 14.4 Å². The number of carbonyl (C=O) groups excluding carboxylic acids is 2. The van der Waals surface area contributed by atoms with Gasteiger partial charge in [0.2, 0.25) is 11.8 Å². The molecule has 2 fully saturated rings. The molecule has 2 aromatic rings. The van der Waals surface area contributed by atoms with Crippen LogP contribution in [0, 0.1) is 24.6 Å². The predicted molar refractivity (Wildman–Crippen MR) is 129 cm³/mol. The van der Waals surface area contributed by atoms with Crippen molar-refractivity contribution < 1.29 is 23.5 Å². The summed E-state index contributed by atoms with van der Waals surface area (Å²) < 4.78 is 25.1. The second kappa shape index (κ2) is 11.2. The third-order valence-electron chi connectivity index (χ3n) is 6.78. The highest BCUT2D eigenvalue weighted by Gasteiger charge is 2.39. The van der Waals surface area contributed by atoms with Crippen molar-refractivity contribution in [3.8, 4) is 5.88 Å². The number of aromatic nitrogens is 2. The van der Waals surface area contributed by atoms with Gasteiger partial charge in [-0.3, -0.25) is 9.59 Å². The lowest BCUT2D eigenvalue weighted by molar-refractivity contribution is -0.146. The second-order valence-electron chi connectivity index (χ2n) is 9.82. The maximum Gasteiger partial charge on any atom is 0.226 e. The number of Topliss-reactive ketones (excluding diaryl/α,β-unsaturated/α-hetero) is 1. The Hall–Kier alpha value is -2.87. The highest BCUT2D eigenvalue weighted by atomic mass is 19.1. The number of rotatable bonds is 7. The van der Waals surface area contributed by atoms with Crippen molar-refractivity contribution in [1.29, 1.82) is 0 Å². The topological polar surface area (TPSA) is 81.6 Å². The number of ether oxygens (including phenoxy) is 2. The Morgan fingerprint density at radius 1 is 1.14 bits per heavy atom. The van der Waals surface area contributed by atoms with Gasteiger partial charge in [-0.1, -0.05) is 26.7 Å². The van der Waals surface area contributed by atoms with E-state index in [1.807, 2.05) is 25.7 Å². The maximum absolute atomic E-state index is 13.5. The molecule has 2 aliphatic rings. The van der Waals surface area contributed by atoms with E-state index in [9.17, 15) is 14.0 Å². The molecule has 0 spiro atoms. The molecule has 1 amide bonds. The van der Waals surface area contributed by atoms with Crippen molar-refractivity contribution in [3.05, 3.63) is 53.2 Å². The molecule has 0 radical (unpaired) electrons. The average molecular weight is 484 g/mol. The molecular formula is C27H34FN3O4. The van der Waals surface area contributed by atoms with Crippen LogP contribution in [0.15, 0.2) is 30.3 Å². The van der Waals surface area contributed by atoms with E-state index < -0.39 is 0 Å². The van der Waals surface area contributed by atoms with Gasteiger partial charge in [-0.2, -0.15) is 4.98 Å². The Kier molecular flexibility index (Phi) is 8.11. The zero-order chi connectivity index (χ0) is 24.9. The fourth-order valence-corrected chi connectivity index (χ4v) is 4.90. The van der Waals surface area contributed by atoms with Gasteiger partial charge in [0.15, 0.2) is 5.78 Å². The SMILES string of the molecule is Cc1cc(OCC2CN(C(=O)C3CCCCC3C(=O)c3ccc(F)cc3)CCO2)nc(C(C)C)n1. The molecule has 7 nitrogen and oxygen atoms in total. The van der Waals surface area contributed by atoms with Crippen LogP contribution >= 0.6 is 0 Å². The third kappa shape index (κ3) is 6.23. The molecule has 35 heavy (non-hydrogen) atoms. The van der Waals surface area contributed by atoms with Crippen molar-refractivity contribution in [2.75, 3.05) is 26.3 Å². The van der Waals surface area contributed by atoms with Crippen LogP contribution in [0.4, 0.5) is 4.39 Å². The number of benzene rings is 1. The van der Waals surface area contributed by atoms with Crippen LogP contribution in [-0.2, 0) is 9.53 Å². The van der Waals surface area contributed by atoms with Crippen molar-refractivity contribution in [3.63, 3.8) is 0 Å². The fourth-order valence-electron chi connectivity index (χ4n) is 4.90. The Balaban J connectivity index is 1.39. The van der Waals surface area contributed by atoms with Crippen molar-refractivity contribution in [2.45, 2.75) is 58.5 Å². The van der Waals surface area contributed by atoms with Gasteiger partial charge in [-0.15, -0.1) is 0 Å². The van der Waals surface area contributed by atoms with Crippen LogP contribution < -0.4 is 4.74 Å². The number of aryl methyl sites for hydroxylation is 1. The monoisotopic (exact) mass is 483 g/mol. The van der Waals surface area contributed by atoms with Crippen LogP contribution in [-0.4, -0.2) is 59.0 Å². The minimum atomic E-state index is -0.378. The molecule has 0 N–H and O–H groups in total. The Labute approximate surface area is 206 Å². The lowest BCUT2D eigenvalue weighted by atomic mass is 9.74. The van der Waals surface area contributed by atoms with E-state index in [-0.39, 0.29) is 48.0 Å². The molecule has 188 valence electrons. The number of ketones is 1. The minimum absolute atomic E-state index is 0.00145. The minimum Gasteiger partial charge on any atom is -0.475 e. The van der Waals surface area contributed by atoms with Crippen molar-refractivity contribution in [1.82, 2.24) is 14.9 Å². The Morgan fingerprint density at radius 2 is 1.86 bits per heavy atom.